The zero-order chi connectivity index (χ0) is 15.9. The predicted octanol–water partition coefficient (Wildman–Crippen LogP) is 1.61. The van der Waals surface area contributed by atoms with Crippen molar-refractivity contribution in [1.29, 1.82) is 0 Å². The molecule has 1 aliphatic heterocycles. The summed E-state index contributed by atoms with van der Waals surface area (Å²) < 4.78 is 0. The van der Waals surface area contributed by atoms with Crippen molar-refractivity contribution in [1.82, 2.24) is 15.6 Å². The molecule has 6 heteroatoms. The Hall–Kier alpha value is -2.63. The molecule has 3 amide bonds. The van der Waals surface area contributed by atoms with E-state index < -0.39 is 0 Å². The first-order valence-electron chi connectivity index (χ1n) is 7.17. The molecule has 0 fully saturated rings. The summed E-state index contributed by atoms with van der Waals surface area (Å²) in [5.74, 6) is -0.0634. The smallest absolute Gasteiger partial charge is 0.314 e. The zero-order valence-electron chi connectivity index (χ0n) is 12.8. The lowest BCUT2D eigenvalue weighted by Crippen LogP contribution is -2.41. The molecule has 116 valence electrons. The van der Waals surface area contributed by atoms with E-state index in [4.69, 9.17) is 0 Å². The number of urea groups is 1. The van der Waals surface area contributed by atoms with Crippen molar-refractivity contribution in [2.75, 3.05) is 20.1 Å². The van der Waals surface area contributed by atoms with Crippen LogP contribution in [0.25, 0.3) is 6.08 Å². The fourth-order valence-electron chi connectivity index (χ4n) is 2.13. The van der Waals surface area contributed by atoms with Gasteiger partial charge in [0, 0.05) is 13.6 Å². The molecule has 0 saturated heterocycles. The van der Waals surface area contributed by atoms with Crippen molar-refractivity contribution in [3.05, 3.63) is 41.5 Å². The Morgan fingerprint density at radius 2 is 2.09 bits per heavy atom. The maximum absolute atomic E-state index is 12.1. The lowest BCUT2D eigenvalue weighted by molar-refractivity contribution is -0.130. The van der Waals surface area contributed by atoms with Crippen molar-refractivity contribution in [2.24, 2.45) is 5.10 Å². The molecule has 1 aromatic rings. The molecule has 2 N–H and O–H groups in total. The first-order valence-corrected chi connectivity index (χ1v) is 7.17. The third-order valence-corrected chi connectivity index (χ3v) is 3.34. The normalized spacial score (nSPS) is 16.5. The Balaban J connectivity index is 2.02. The first-order chi connectivity index (χ1) is 10.6. The van der Waals surface area contributed by atoms with Gasteiger partial charge in [-0.3, -0.25) is 4.79 Å². The quantitative estimate of drug-likeness (QED) is 0.886. The lowest BCUT2D eigenvalue weighted by Gasteiger charge is -2.24. The highest BCUT2D eigenvalue weighted by Gasteiger charge is 2.22. The average Bonchev–Trinajstić information content (AvgIpc) is 2.52. The Morgan fingerprint density at radius 3 is 2.77 bits per heavy atom. The molecule has 0 bridgehead atoms. The van der Waals surface area contributed by atoms with Gasteiger partial charge >= 0.3 is 6.03 Å². The SMILES string of the molecule is CNC(=O)NCCN1N=C(C)/C(=C/c2ccccc2)CC1=O. The van der Waals surface area contributed by atoms with Gasteiger partial charge in [0.15, 0.2) is 0 Å². The summed E-state index contributed by atoms with van der Waals surface area (Å²) in [6, 6.07) is 9.58. The highest BCUT2D eigenvalue weighted by Crippen LogP contribution is 2.18. The van der Waals surface area contributed by atoms with E-state index in [2.05, 4.69) is 15.7 Å². The van der Waals surface area contributed by atoms with Crippen LogP contribution >= 0.6 is 0 Å². The van der Waals surface area contributed by atoms with E-state index in [1.54, 1.807) is 7.05 Å². The number of carbonyl (C=O) groups is 2. The number of nitrogens with zero attached hydrogens (tertiary/aromatic N) is 2. The van der Waals surface area contributed by atoms with Gasteiger partial charge in [-0.25, -0.2) is 9.80 Å². The average molecular weight is 300 g/mol. The number of amides is 3. The molecule has 1 aliphatic rings. The number of benzene rings is 1. The molecular weight excluding hydrogens is 280 g/mol. The Labute approximate surface area is 129 Å². The molecule has 6 nitrogen and oxygen atoms in total. The summed E-state index contributed by atoms with van der Waals surface area (Å²) in [5.41, 5.74) is 2.80. The number of nitrogens with one attached hydrogen (secondary N) is 2. The maximum atomic E-state index is 12.1. The molecule has 22 heavy (non-hydrogen) atoms. The summed E-state index contributed by atoms with van der Waals surface area (Å²) in [6.45, 7) is 2.61. The highest BCUT2D eigenvalue weighted by atomic mass is 16.2. The number of rotatable bonds is 4. The largest absolute Gasteiger partial charge is 0.341 e. The van der Waals surface area contributed by atoms with E-state index in [0.717, 1.165) is 16.8 Å². The molecule has 1 aromatic carbocycles. The molecule has 2 rings (SSSR count). The van der Waals surface area contributed by atoms with Crippen LogP contribution in [0.5, 0.6) is 0 Å². The number of hydrazone groups is 1. The highest BCUT2D eigenvalue weighted by molar-refractivity contribution is 6.08. The summed E-state index contributed by atoms with van der Waals surface area (Å²) in [6.07, 6.45) is 2.31. The second-order valence-electron chi connectivity index (χ2n) is 4.97. The van der Waals surface area contributed by atoms with Crippen molar-refractivity contribution < 1.29 is 9.59 Å². The standard InChI is InChI=1S/C16H20N4O2/c1-12-14(10-13-6-4-3-5-7-13)11-15(21)20(19-12)9-8-18-16(22)17-2/h3-7,10H,8-9,11H2,1-2H3,(H2,17,18,22)/b14-10+. The van der Waals surface area contributed by atoms with Gasteiger partial charge in [-0.2, -0.15) is 5.10 Å². The minimum absolute atomic E-state index is 0.0634. The van der Waals surface area contributed by atoms with Crippen LogP contribution in [0, 0.1) is 0 Å². The minimum atomic E-state index is -0.269. The van der Waals surface area contributed by atoms with Gasteiger partial charge in [0.25, 0.3) is 0 Å². The van der Waals surface area contributed by atoms with Crippen molar-refractivity contribution in [2.45, 2.75) is 13.3 Å². The topological polar surface area (TPSA) is 73.8 Å². The van der Waals surface area contributed by atoms with Crippen LogP contribution in [0.4, 0.5) is 4.79 Å². The van der Waals surface area contributed by atoms with E-state index in [9.17, 15) is 9.59 Å². The summed E-state index contributed by atoms with van der Waals surface area (Å²) in [4.78, 5) is 23.2. The number of carbonyl (C=O) groups excluding carboxylic acids is 2. The van der Waals surface area contributed by atoms with Crippen LogP contribution in [-0.2, 0) is 4.79 Å². The van der Waals surface area contributed by atoms with Crippen LogP contribution < -0.4 is 10.6 Å². The van der Waals surface area contributed by atoms with E-state index >= 15 is 0 Å². The Morgan fingerprint density at radius 1 is 1.36 bits per heavy atom. The van der Waals surface area contributed by atoms with Gasteiger partial charge in [0.2, 0.25) is 5.91 Å². The van der Waals surface area contributed by atoms with E-state index in [0.29, 0.717) is 19.5 Å². The predicted molar refractivity (Wildman–Crippen MR) is 86.3 cm³/mol. The summed E-state index contributed by atoms with van der Waals surface area (Å²) in [5, 5.41) is 10.8. The summed E-state index contributed by atoms with van der Waals surface area (Å²) in [7, 11) is 1.55. The number of hydrogen-bond donors (Lipinski definition) is 2. The second-order valence-corrected chi connectivity index (χ2v) is 4.97. The molecule has 0 saturated carbocycles. The third-order valence-electron chi connectivity index (χ3n) is 3.34. The van der Waals surface area contributed by atoms with Crippen LogP contribution in [0.2, 0.25) is 0 Å². The zero-order valence-corrected chi connectivity index (χ0v) is 12.8. The second kappa shape index (κ2) is 7.40. The van der Waals surface area contributed by atoms with Crippen LogP contribution in [0.1, 0.15) is 18.9 Å². The first kappa shape index (κ1) is 15.8. The maximum Gasteiger partial charge on any atom is 0.314 e. The summed E-state index contributed by atoms with van der Waals surface area (Å²) >= 11 is 0. The fraction of sp³-hybridized carbons (Fsp3) is 0.312. The van der Waals surface area contributed by atoms with Crippen molar-refractivity contribution in [3.8, 4) is 0 Å². The van der Waals surface area contributed by atoms with Gasteiger partial charge in [0.1, 0.15) is 0 Å². The molecule has 0 atom stereocenters. The molecule has 0 spiro atoms. The van der Waals surface area contributed by atoms with Crippen molar-refractivity contribution in [3.63, 3.8) is 0 Å². The molecule has 0 aliphatic carbocycles. The Kier molecular flexibility index (Phi) is 5.30. The minimum Gasteiger partial charge on any atom is -0.341 e. The third kappa shape index (κ3) is 4.18. The van der Waals surface area contributed by atoms with Gasteiger partial charge in [-0.15, -0.1) is 0 Å². The number of hydrogen-bond acceptors (Lipinski definition) is 3. The lowest BCUT2D eigenvalue weighted by atomic mass is 10.0. The van der Waals surface area contributed by atoms with Gasteiger partial charge < -0.3 is 10.6 Å². The monoisotopic (exact) mass is 300 g/mol. The van der Waals surface area contributed by atoms with Crippen molar-refractivity contribution >= 4 is 23.7 Å². The molecule has 0 aromatic heterocycles. The molecule has 1 heterocycles. The van der Waals surface area contributed by atoms with Gasteiger partial charge in [-0.05, 0) is 24.1 Å². The Bertz CT molecular complexity index is 608. The fourth-order valence-corrected chi connectivity index (χ4v) is 2.13. The van der Waals surface area contributed by atoms with E-state index in [-0.39, 0.29) is 11.9 Å². The molecular formula is C16H20N4O2. The van der Waals surface area contributed by atoms with Crippen LogP contribution in [0.15, 0.2) is 41.0 Å². The molecule has 0 unspecified atom stereocenters. The van der Waals surface area contributed by atoms with Crippen LogP contribution in [-0.4, -0.2) is 42.8 Å². The van der Waals surface area contributed by atoms with Gasteiger partial charge in [-0.1, -0.05) is 30.3 Å². The van der Waals surface area contributed by atoms with Crippen LogP contribution in [0.3, 0.4) is 0 Å². The van der Waals surface area contributed by atoms with Gasteiger partial charge in [0.05, 0.1) is 18.7 Å². The molecule has 0 radical (unpaired) electrons. The van der Waals surface area contributed by atoms with E-state index in [1.165, 1.54) is 5.01 Å². The van der Waals surface area contributed by atoms with E-state index in [1.807, 2.05) is 43.3 Å².